The highest BCUT2D eigenvalue weighted by atomic mass is 35.5. The SMILES string of the molecule is CC(C)(C)NC(=O)[C@@H](Cc1ccccc1)N(Cc1cccc(Cl)c1)C(=O)CCN1C(=O)[C@H]2CC=CC[C@H]2C1=O. The maximum atomic E-state index is 13.9. The van der Waals surface area contributed by atoms with Gasteiger partial charge in [-0.15, -0.1) is 0 Å². The number of fused-ring (bicyclic) bond motifs is 1. The number of allylic oxidation sites excluding steroid dienone is 2. The lowest BCUT2D eigenvalue weighted by Gasteiger charge is -2.34. The Bertz CT molecular complexity index is 1230. The molecule has 1 aliphatic heterocycles. The Morgan fingerprint density at radius 1 is 0.974 bits per heavy atom. The van der Waals surface area contributed by atoms with Gasteiger partial charge in [-0.3, -0.25) is 24.1 Å². The number of carbonyl (C=O) groups is 4. The van der Waals surface area contributed by atoms with Gasteiger partial charge >= 0.3 is 0 Å². The Morgan fingerprint density at radius 3 is 2.18 bits per heavy atom. The van der Waals surface area contributed by atoms with Crippen molar-refractivity contribution < 1.29 is 19.2 Å². The Hall–Kier alpha value is -3.45. The van der Waals surface area contributed by atoms with Crippen LogP contribution in [0, 0.1) is 11.8 Å². The van der Waals surface area contributed by atoms with Crippen LogP contribution in [0.5, 0.6) is 0 Å². The molecule has 206 valence electrons. The van der Waals surface area contributed by atoms with Crippen LogP contribution in [0.1, 0.15) is 51.2 Å². The Balaban J connectivity index is 1.60. The van der Waals surface area contributed by atoms with Crippen LogP contribution in [0.2, 0.25) is 5.02 Å². The molecular weight excluding hydrogens is 514 g/mol. The Kier molecular flexibility index (Phi) is 8.90. The average Bonchev–Trinajstić information content (AvgIpc) is 3.13. The molecule has 3 atom stereocenters. The normalized spacial score (nSPS) is 19.5. The number of amides is 4. The zero-order valence-electron chi connectivity index (χ0n) is 22.7. The van der Waals surface area contributed by atoms with Gasteiger partial charge in [0.1, 0.15) is 6.04 Å². The predicted molar refractivity (Wildman–Crippen MR) is 151 cm³/mol. The summed E-state index contributed by atoms with van der Waals surface area (Å²) >= 11 is 6.24. The molecule has 1 fully saturated rings. The quantitative estimate of drug-likeness (QED) is 0.367. The van der Waals surface area contributed by atoms with Crippen molar-refractivity contribution in [3.63, 3.8) is 0 Å². The van der Waals surface area contributed by atoms with Gasteiger partial charge in [-0.05, 0) is 56.9 Å². The van der Waals surface area contributed by atoms with E-state index in [1.165, 1.54) is 4.90 Å². The van der Waals surface area contributed by atoms with Crippen molar-refractivity contribution in [2.24, 2.45) is 11.8 Å². The number of likely N-dealkylation sites (tertiary alicyclic amines) is 1. The molecule has 39 heavy (non-hydrogen) atoms. The van der Waals surface area contributed by atoms with Crippen LogP contribution in [-0.2, 0) is 32.1 Å². The smallest absolute Gasteiger partial charge is 0.243 e. The van der Waals surface area contributed by atoms with Gasteiger partial charge < -0.3 is 10.2 Å². The van der Waals surface area contributed by atoms with Gasteiger partial charge in [0, 0.05) is 36.5 Å². The van der Waals surface area contributed by atoms with Gasteiger partial charge in [-0.2, -0.15) is 0 Å². The van der Waals surface area contributed by atoms with E-state index in [2.05, 4.69) is 5.32 Å². The maximum absolute atomic E-state index is 13.9. The third-order valence-electron chi connectivity index (χ3n) is 7.16. The van der Waals surface area contributed by atoms with Crippen molar-refractivity contribution in [1.29, 1.82) is 0 Å². The molecule has 0 saturated carbocycles. The van der Waals surface area contributed by atoms with Crippen LogP contribution in [0.25, 0.3) is 0 Å². The van der Waals surface area contributed by atoms with Gasteiger partial charge in [0.25, 0.3) is 0 Å². The zero-order valence-corrected chi connectivity index (χ0v) is 23.5. The summed E-state index contributed by atoms with van der Waals surface area (Å²) in [4.78, 5) is 56.2. The molecule has 0 unspecified atom stereocenters. The molecule has 1 saturated heterocycles. The summed E-state index contributed by atoms with van der Waals surface area (Å²) < 4.78 is 0. The molecular formula is C31H36ClN3O4. The molecule has 1 aliphatic carbocycles. The van der Waals surface area contributed by atoms with Gasteiger partial charge in [0.2, 0.25) is 23.6 Å². The molecule has 4 rings (SSSR count). The van der Waals surface area contributed by atoms with Crippen LogP contribution in [0.3, 0.4) is 0 Å². The monoisotopic (exact) mass is 549 g/mol. The van der Waals surface area contributed by atoms with Crippen molar-refractivity contribution in [3.05, 3.63) is 82.9 Å². The summed E-state index contributed by atoms with van der Waals surface area (Å²) in [7, 11) is 0. The molecule has 1 heterocycles. The van der Waals surface area contributed by atoms with E-state index < -0.39 is 11.6 Å². The van der Waals surface area contributed by atoms with Crippen LogP contribution in [0.4, 0.5) is 0 Å². The maximum Gasteiger partial charge on any atom is 0.243 e. The lowest BCUT2D eigenvalue weighted by molar-refractivity contribution is -0.144. The highest BCUT2D eigenvalue weighted by molar-refractivity contribution is 6.30. The largest absolute Gasteiger partial charge is 0.350 e. The summed E-state index contributed by atoms with van der Waals surface area (Å²) in [5.74, 6) is -1.70. The fraction of sp³-hybridized carbons (Fsp3) is 0.419. The van der Waals surface area contributed by atoms with Gasteiger partial charge in [-0.25, -0.2) is 0 Å². The van der Waals surface area contributed by atoms with Crippen LogP contribution in [-0.4, -0.2) is 51.6 Å². The summed E-state index contributed by atoms with van der Waals surface area (Å²) in [6.07, 6.45) is 5.22. The molecule has 0 bridgehead atoms. The summed E-state index contributed by atoms with van der Waals surface area (Å²) in [5.41, 5.74) is 1.19. The van der Waals surface area contributed by atoms with Gasteiger partial charge in [0.15, 0.2) is 0 Å². The second-order valence-corrected chi connectivity index (χ2v) is 11.8. The number of carbonyl (C=O) groups excluding carboxylic acids is 4. The van der Waals surface area contributed by atoms with Crippen molar-refractivity contribution in [1.82, 2.24) is 15.1 Å². The first-order valence-electron chi connectivity index (χ1n) is 13.4. The molecule has 2 aliphatic rings. The molecule has 2 aromatic rings. The second-order valence-electron chi connectivity index (χ2n) is 11.3. The molecule has 7 nitrogen and oxygen atoms in total. The lowest BCUT2D eigenvalue weighted by atomic mass is 9.85. The molecule has 1 N–H and O–H groups in total. The molecule has 0 aromatic heterocycles. The summed E-state index contributed by atoms with van der Waals surface area (Å²) in [6.45, 7) is 5.84. The standard InChI is InChI=1S/C31H36ClN3O4/c1-31(2,3)33-28(37)26(19-21-10-5-4-6-11-21)35(20-22-12-9-13-23(32)18-22)27(36)16-17-34-29(38)24-14-7-8-15-25(24)30(34)39/h4-13,18,24-26H,14-17,19-20H2,1-3H3,(H,33,37)/t24-,25+,26-/m1/s1. The third kappa shape index (κ3) is 7.15. The van der Waals surface area contributed by atoms with Crippen LogP contribution >= 0.6 is 11.6 Å². The van der Waals surface area contributed by atoms with Crippen LogP contribution in [0.15, 0.2) is 66.7 Å². The molecule has 2 aromatic carbocycles. The van der Waals surface area contributed by atoms with Crippen molar-refractivity contribution in [2.75, 3.05) is 6.54 Å². The number of nitrogens with zero attached hydrogens (tertiary/aromatic N) is 2. The first-order chi connectivity index (χ1) is 18.5. The number of rotatable bonds is 9. The molecule has 4 amide bonds. The number of nitrogens with one attached hydrogen (secondary N) is 1. The topological polar surface area (TPSA) is 86.8 Å². The van der Waals surface area contributed by atoms with E-state index in [-0.39, 0.29) is 55.0 Å². The first-order valence-corrected chi connectivity index (χ1v) is 13.8. The fourth-order valence-corrected chi connectivity index (χ4v) is 5.49. The van der Waals surface area contributed by atoms with Crippen LogP contribution < -0.4 is 5.32 Å². The number of halogens is 1. The van der Waals surface area contributed by atoms with Gasteiger partial charge in [0.05, 0.1) is 11.8 Å². The fourth-order valence-electron chi connectivity index (χ4n) is 5.28. The van der Waals surface area contributed by atoms with Crippen molar-refractivity contribution >= 4 is 35.2 Å². The number of hydrogen-bond acceptors (Lipinski definition) is 4. The summed E-state index contributed by atoms with van der Waals surface area (Å²) in [5, 5.41) is 3.56. The highest BCUT2D eigenvalue weighted by Gasteiger charge is 2.47. The number of hydrogen-bond donors (Lipinski definition) is 1. The van der Waals surface area contributed by atoms with E-state index in [0.717, 1.165) is 11.1 Å². The van der Waals surface area contributed by atoms with E-state index in [1.807, 2.05) is 69.3 Å². The van der Waals surface area contributed by atoms with Crippen molar-refractivity contribution in [3.8, 4) is 0 Å². The van der Waals surface area contributed by atoms with E-state index in [0.29, 0.717) is 24.3 Å². The molecule has 0 radical (unpaired) electrons. The summed E-state index contributed by atoms with van der Waals surface area (Å²) in [6, 6.07) is 15.9. The molecule has 0 spiro atoms. The highest BCUT2D eigenvalue weighted by Crippen LogP contribution is 2.35. The van der Waals surface area contributed by atoms with E-state index in [1.54, 1.807) is 23.1 Å². The van der Waals surface area contributed by atoms with E-state index in [9.17, 15) is 19.2 Å². The van der Waals surface area contributed by atoms with Crippen molar-refractivity contribution in [2.45, 2.75) is 64.6 Å². The predicted octanol–water partition coefficient (Wildman–Crippen LogP) is 4.54. The first kappa shape index (κ1) is 28.6. The minimum atomic E-state index is -0.810. The Labute approximate surface area is 235 Å². The van der Waals surface area contributed by atoms with E-state index in [4.69, 9.17) is 11.6 Å². The number of imide groups is 1. The van der Waals surface area contributed by atoms with Gasteiger partial charge in [-0.1, -0.05) is 66.2 Å². The van der Waals surface area contributed by atoms with E-state index >= 15 is 0 Å². The molecule has 8 heteroatoms. The lowest BCUT2D eigenvalue weighted by Crippen LogP contribution is -2.54. The Morgan fingerprint density at radius 2 is 1.59 bits per heavy atom. The minimum absolute atomic E-state index is 0.00546. The number of benzene rings is 2. The third-order valence-corrected chi connectivity index (χ3v) is 7.39. The second kappa shape index (κ2) is 12.2. The average molecular weight is 550 g/mol. The minimum Gasteiger partial charge on any atom is -0.350 e. The zero-order chi connectivity index (χ0) is 28.2.